The summed E-state index contributed by atoms with van der Waals surface area (Å²) in [5.41, 5.74) is 2.30. The first kappa shape index (κ1) is 13.1. The quantitative estimate of drug-likeness (QED) is 0.822. The van der Waals surface area contributed by atoms with E-state index in [1.54, 1.807) is 0 Å². The van der Waals surface area contributed by atoms with E-state index < -0.39 is 0 Å². The normalized spacial score (nSPS) is 11.0. The van der Waals surface area contributed by atoms with Gasteiger partial charge in [0.2, 0.25) is 0 Å². The highest BCUT2D eigenvalue weighted by Crippen LogP contribution is 2.37. The summed E-state index contributed by atoms with van der Waals surface area (Å²) < 4.78 is 6.40. The molecule has 1 aromatic carbocycles. The van der Waals surface area contributed by atoms with Crippen LogP contribution < -0.4 is 4.74 Å². The first-order valence-corrected chi connectivity index (χ1v) is 5.96. The van der Waals surface area contributed by atoms with Gasteiger partial charge in [-0.2, -0.15) is 5.26 Å². The average Bonchev–Trinajstić information content (AvgIpc) is 2.14. The lowest BCUT2D eigenvalue weighted by Crippen LogP contribution is -2.14. The molecule has 2 nitrogen and oxygen atoms in total. The van der Waals surface area contributed by atoms with Crippen molar-refractivity contribution < 1.29 is 4.74 Å². The van der Waals surface area contributed by atoms with Crippen molar-refractivity contribution in [3.63, 3.8) is 0 Å². The Labute approximate surface area is 105 Å². The maximum atomic E-state index is 8.58. The van der Waals surface area contributed by atoms with Crippen LogP contribution in [-0.2, 0) is 5.41 Å². The van der Waals surface area contributed by atoms with E-state index in [-0.39, 0.29) is 12.0 Å². The Morgan fingerprint density at radius 3 is 2.50 bits per heavy atom. The number of nitriles is 1. The summed E-state index contributed by atoms with van der Waals surface area (Å²) >= 11 is 3.49. The van der Waals surface area contributed by atoms with Crippen LogP contribution >= 0.6 is 15.9 Å². The van der Waals surface area contributed by atoms with Gasteiger partial charge in [-0.25, -0.2) is 0 Å². The highest BCUT2D eigenvalue weighted by Gasteiger charge is 2.21. The van der Waals surface area contributed by atoms with Gasteiger partial charge in [0.05, 0.1) is 4.47 Å². The lowest BCUT2D eigenvalue weighted by Gasteiger charge is -2.23. The molecule has 0 unspecified atom stereocenters. The molecule has 1 rings (SSSR count). The second-order valence-electron chi connectivity index (χ2n) is 4.82. The van der Waals surface area contributed by atoms with Gasteiger partial charge in [-0.15, -0.1) is 0 Å². The molecule has 0 atom stereocenters. The molecule has 0 aliphatic rings. The van der Waals surface area contributed by atoms with Crippen LogP contribution in [0.15, 0.2) is 16.6 Å². The molecule has 0 saturated carbocycles. The Morgan fingerprint density at radius 1 is 1.38 bits per heavy atom. The van der Waals surface area contributed by atoms with Crippen molar-refractivity contribution >= 4 is 15.9 Å². The number of rotatable bonds is 2. The van der Waals surface area contributed by atoms with Crippen LogP contribution in [0.2, 0.25) is 0 Å². The van der Waals surface area contributed by atoms with Crippen LogP contribution in [0.25, 0.3) is 0 Å². The Hall–Kier alpha value is -1.01. The SMILES string of the molecule is Cc1cc(Br)c(OCC#N)c(C(C)(C)C)c1. The van der Waals surface area contributed by atoms with Crippen LogP contribution in [0.1, 0.15) is 31.9 Å². The minimum Gasteiger partial charge on any atom is -0.477 e. The second-order valence-corrected chi connectivity index (χ2v) is 5.67. The van der Waals surface area contributed by atoms with Crippen molar-refractivity contribution in [1.82, 2.24) is 0 Å². The largest absolute Gasteiger partial charge is 0.477 e. The number of hydrogen-bond acceptors (Lipinski definition) is 2. The summed E-state index contributed by atoms with van der Waals surface area (Å²) in [5.74, 6) is 0.777. The molecule has 0 bridgehead atoms. The lowest BCUT2D eigenvalue weighted by molar-refractivity contribution is 0.353. The van der Waals surface area contributed by atoms with Crippen LogP contribution in [0.5, 0.6) is 5.75 Å². The van der Waals surface area contributed by atoms with Crippen LogP contribution in [0.4, 0.5) is 0 Å². The van der Waals surface area contributed by atoms with Crippen molar-refractivity contribution in [3.8, 4) is 11.8 Å². The first-order chi connectivity index (χ1) is 7.36. The highest BCUT2D eigenvalue weighted by molar-refractivity contribution is 9.10. The van der Waals surface area contributed by atoms with Crippen LogP contribution in [-0.4, -0.2) is 6.61 Å². The first-order valence-electron chi connectivity index (χ1n) is 5.16. The molecule has 16 heavy (non-hydrogen) atoms. The fraction of sp³-hybridized carbons (Fsp3) is 0.462. The van der Waals surface area contributed by atoms with E-state index >= 15 is 0 Å². The van der Waals surface area contributed by atoms with E-state index in [1.807, 2.05) is 19.1 Å². The third-order valence-electron chi connectivity index (χ3n) is 2.28. The molecule has 0 spiro atoms. The maximum absolute atomic E-state index is 8.58. The summed E-state index contributed by atoms with van der Waals surface area (Å²) in [6.45, 7) is 8.52. The molecule has 0 saturated heterocycles. The summed E-state index contributed by atoms with van der Waals surface area (Å²) in [5, 5.41) is 8.58. The van der Waals surface area contributed by atoms with Crippen molar-refractivity contribution in [2.75, 3.05) is 6.61 Å². The summed E-state index contributed by atoms with van der Waals surface area (Å²) in [4.78, 5) is 0. The molecule has 86 valence electrons. The van der Waals surface area contributed by atoms with Gasteiger partial charge in [0.25, 0.3) is 0 Å². The highest BCUT2D eigenvalue weighted by atomic mass is 79.9. The molecule has 0 fully saturated rings. The zero-order valence-corrected chi connectivity index (χ0v) is 11.7. The van der Waals surface area contributed by atoms with Gasteiger partial charge in [-0.05, 0) is 39.9 Å². The zero-order valence-electron chi connectivity index (χ0n) is 10.1. The number of hydrogen-bond donors (Lipinski definition) is 0. The number of nitrogens with zero attached hydrogens (tertiary/aromatic N) is 1. The Balaban J connectivity index is 3.28. The van der Waals surface area contributed by atoms with Crippen LogP contribution in [0.3, 0.4) is 0 Å². The van der Waals surface area contributed by atoms with Gasteiger partial charge < -0.3 is 4.74 Å². The second kappa shape index (κ2) is 4.88. The molecule has 0 aliphatic carbocycles. The number of halogens is 1. The van der Waals surface area contributed by atoms with E-state index in [9.17, 15) is 0 Å². The topological polar surface area (TPSA) is 33.0 Å². The summed E-state index contributed by atoms with van der Waals surface area (Å²) in [7, 11) is 0. The van der Waals surface area contributed by atoms with Gasteiger partial charge in [-0.3, -0.25) is 0 Å². The Kier molecular flexibility index (Phi) is 3.98. The minimum absolute atomic E-state index is 0.000666. The third kappa shape index (κ3) is 2.99. The van der Waals surface area contributed by atoms with Crippen LogP contribution in [0, 0.1) is 18.3 Å². The molecular weight excluding hydrogens is 266 g/mol. The molecule has 0 aromatic heterocycles. The van der Waals surface area contributed by atoms with Gasteiger partial charge in [0.1, 0.15) is 11.8 Å². The standard InChI is InChI=1S/C13H16BrNO/c1-9-7-10(13(2,3)4)12(11(14)8-9)16-6-5-15/h7-8H,6H2,1-4H3. The van der Waals surface area contributed by atoms with Crippen molar-refractivity contribution in [2.45, 2.75) is 33.1 Å². The van der Waals surface area contributed by atoms with E-state index in [0.29, 0.717) is 0 Å². The van der Waals surface area contributed by atoms with E-state index in [4.69, 9.17) is 10.00 Å². The average molecular weight is 282 g/mol. The van der Waals surface area contributed by atoms with E-state index in [1.165, 1.54) is 5.56 Å². The van der Waals surface area contributed by atoms with Crippen molar-refractivity contribution in [2.24, 2.45) is 0 Å². The van der Waals surface area contributed by atoms with Gasteiger partial charge in [0.15, 0.2) is 6.61 Å². The van der Waals surface area contributed by atoms with E-state index in [2.05, 4.69) is 42.8 Å². The van der Waals surface area contributed by atoms with E-state index in [0.717, 1.165) is 15.8 Å². The molecule has 0 N–H and O–H groups in total. The van der Waals surface area contributed by atoms with Gasteiger partial charge in [-0.1, -0.05) is 26.8 Å². The summed E-state index contributed by atoms with van der Waals surface area (Å²) in [6, 6.07) is 6.10. The monoisotopic (exact) mass is 281 g/mol. The van der Waals surface area contributed by atoms with Crippen molar-refractivity contribution in [3.05, 3.63) is 27.7 Å². The molecule has 1 aromatic rings. The fourth-order valence-electron chi connectivity index (χ4n) is 1.54. The fourth-order valence-corrected chi connectivity index (χ4v) is 2.23. The minimum atomic E-state index is -0.000666. The summed E-state index contributed by atoms with van der Waals surface area (Å²) in [6.07, 6.45) is 0. The van der Waals surface area contributed by atoms with Gasteiger partial charge in [0, 0.05) is 5.56 Å². The third-order valence-corrected chi connectivity index (χ3v) is 2.87. The number of aryl methyl sites for hydroxylation is 1. The predicted octanol–water partition coefficient (Wildman–Crippen LogP) is 3.96. The molecule has 0 radical (unpaired) electrons. The molecular formula is C13H16BrNO. The van der Waals surface area contributed by atoms with Crippen molar-refractivity contribution in [1.29, 1.82) is 5.26 Å². The molecule has 0 aliphatic heterocycles. The number of ether oxygens (including phenoxy) is 1. The van der Waals surface area contributed by atoms with Gasteiger partial charge >= 0.3 is 0 Å². The Bertz CT molecular complexity index is 427. The predicted molar refractivity (Wildman–Crippen MR) is 68.7 cm³/mol. The number of benzene rings is 1. The molecule has 0 amide bonds. The lowest BCUT2D eigenvalue weighted by atomic mass is 9.85. The molecule has 0 heterocycles. The maximum Gasteiger partial charge on any atom is 0.174 e. The molecule has 3 heteroatoms. The Morgan fingerprint density at radius 2 is 2.00 bits per heavy atom. The zero-order chi connectivity index (χ0) is 12.3. The smallest absolute Gasteiger partial charge is 0.174 e.